The molecule has 5 rings (SSSR count). The number of benzene rings is 2. The van der Waals surface area contributed by atoms with Crippen molar-refractivity contribution in [3.8, 4) is 11.2 Å². The molecule has 50 heavy (non-hydrogen) atoms. The molecule has 4 N–H and O–H groups in total. The zero-order chi connectivity index (χ0) is 36.0. The molecule has 16 nitrogen and oxygen atoms in total. The minimum absolute atomic E-state index is 0.0128. The van der Waals surface area contributed by atoms with Crippen LogP contribution in [0.5, 0.6) is 0 Å². The molecular formula is C32H34N12O4S2. The summed E-state index contributed by atoms with van der Waals surface area (Å²) in [5, 5.41) is 33.3. The Morgan fingerprint density at radius 3 is 2.54 bits per heavy atom. The predicted molar refractivity (Wildman–Crippen MR) is 192 cm³/mol. The lowest BCUT2D eigenvalue weighted by molar-refractivity contribution is -0.114. The fourth-order valence-corrected chi connectivity index (χ4v) is 6.89. The van der Waals surface area contributed by atoms with Gasteiger partial charge in [-0.15, -0.1) is 15.3 Å². The van der Waals surface area contributed by atoms with Gasteiger partial charge in [-0.3, -0.25) is 4.79 Å². The smallest absolute Gasteiger partial charge is 0.264 e. The summed E-state index contributed by atoms with van der Waals surface area (Å²) in [4.78, 5) is 25.3. The van der Waals surface area contributed by atoms with Crippen molar-refractivity contribution < 1.29 is 17.9 Å². The maximum Gasteiger partial charge on any atom is 0.264 e. The van der Waals surface area contributed by atoms with Crippen molar-refractivity contribution in [1.82, 2.24) is 29.5 Å². The molecule has 0 bridgehead atoms. The van der Waals surface area contributed by atoms with Crippen LogP contribution in [-0.4, -0.2) is 66.4 Å². The van der Waals surface area contributed by atoms with Crippen molar-refractivity contribution in [2.24, 2.45) is 10.2 Å². The minimum Gasteiger partial charge on any atom is -0.385 e. The average molecular weight is 715 g/mol. The zero-order valence-electron chi connectivity index (χ0n) is 27.9. The first-order valence-corrected chi connectivity index (χ1v) is 17.5. The Balaban J connectivity index is 1.54. The van der Waals surface area contributed by atoms with Crippen LogP contribution in [0.4, 0.5) is 34.8 Å². The van der Waals surface area contributed by atoms with E-state index in [2.05, 4.69) is 71.0 Å². The third kappa shape index (κ3) is 7.92. The number of nitrogens with one attached hydrogen (secondary N) is 4. The molecule has 0 aliphatic carbocycles. The number of carbonyl (C=O) groups is 1. The molecule has 0 spiro atoms. The van der Waals surface area contributed by atoms with Crippen LogP contribution in [0, 0.1) is 32.1 Å². The van der Waals surface area contributed by atoms with Crippen LogP contribution in [0.1, 0.15) is 28.7 Å². The fourth-order valence-electron chi connectivity index (χ4n) is 4.89. The number of anilines is 4. The van der Waals surface area contributed by atoms with Crippen molar-refractivity contribution >= 4 is 72.3 Å². The van der Waals surface area contributed by atoms with E-state index in [1.54, 1.807) is 14.2 Å². The number of carbonyl (C=O) groups excluding carboxylic acids is 1. The van der Waals surface area contributed by atoms with E-state index in [9.17, 15) is 18.5 Å². The number of rotatable bonds is 14. The first-order chi connectivity index (χ1) is 24.0. The molecule has 18 heteroatoms. The number of hydrogen-bond acceptors (Lipinski definition) is 15. The summed E-state index contributed by atoms with van der Waals surface area (Å²) in [5.74, 6) is 0.280. The standard InChI is InChI=1S/C32H34N12O4S2/c1-7-25(45)43-50(46,47)22-9-10-23-24(15-22)49-32(36-23)44-17-21(16-33)28(42-44)41-40-27-29(35-11-8-12-48-6)38-31(34-5)39-30(27)37-26-19(3)13-18(2)14-20(26)4/h7,9-10,13-15,17H,1,8,11-12H2,2-6H3,(H,43,45)(H3,34,35,37,38,39). The lowest BCUT2D eigenvalue weighted by Crippen LogP contribution is -2.28. The molecule has 0 saturated heterocycles. The highest BCUT2D eigenvalue weighted by atomic mass is 32.2. The van der Waals surface area contributed by atoms with Crippen molar-refractivity contribution in [2.75, 3.05) is 43.3 Å². The first kappa shape index (κ1) is 35.5. The summed E-state index contributed by atoms with van der Waals surface area (Å²) >= 11 is 1.13. The van der Waals surface area contributed by atoms with Crippen LogP contribution in [0.15, 0.2) is 64.3 Å². The summed E-state index contributed by atoms with van der Waals surface area (Å²) in [5.41, 5.74) is 4.89. The van der Waals surface area contributed by atoms with E-state index in [1.807, 2.05) is 25.5 Å². The number of aromatic nitrogens is 5. The number of amides is 1. The highest BCUT2D eigenvalue weighted by Gasteiger charge is 2.20. The molecular weight excluding hydrogens is 681 g/mol. The second-order valence-electron chi connectivity index (χ2n) is 10.9. The van der Waals surface area contributed by atoms with Gasteiger partial charge in [-0.1, -0.05) is 35.6 Å². The molecule has 0 radical (unpaired) electrons. The first-order valence-electron chi connectivity index (χ1n) is 15.2. The Bertz CT molecular complexity index is 2250. The van der Waals surface area contributed by atoms with Crippen LogP contribution in [0.3, 0.4) is 0 Å². The minimum atomic E-state index is -4.12. The lowest BCUT2D eigenvalue weighted by Gasteiger charge is -2.17. The van der Waals surface area contributed by atoms with Gasteiger partial charge in [0.15, 0.2) is 17.3 Å². The normalized spacial score (nSPS) is 11.4. The second kappa shape index (κ2) is 15.2. The number of azo groups is 1. The van der Waals surface area contributed by atoms with Crippen molar-refractivity contribution in [1.29, 1.82) is 5.26 Å². The molecule has 0 aliphatic rings. The van der Waals surface area contributed by atoms with Crippen LogP contribution < -0.4 is 20.7 Å². The van der Waals surface area contributed by atoms with E-state index in [4.69, 9.17) is 4.74 Å². The van der Waals surface area contributed by atoms with Crippen LogP contribution in [0.2, 0.25) is 0 Å². The van der Waals surface area contributed by atoms with Gasteiger partial charge in [-0.05, 0) is 62.6 Å². The molecule has 0 saturated carbocycles. The molecule has 0 atom stereocenters. The van der Waals surface area contributed by atoms with Gasteiger partial charge < -0.3 is 20.7 Å². The van der Waals surface area contributed by atoms with Crippen molar-refractivity contribution in [2.45, 2.75) is 32.1 Å². The number of methoxy groups -OCH3 is 1. The van der Waals surface area contributed by atoms with Gasteiger partial charge in [0.25, 0.3) is 15.9 Å². The second-order valence-corrected chi connectivity index (χ2v) is 13.6. The number of aryl methyl sites for hydroxylation is 3. The quantitative estimate of drug-likeness (QED) is 0.0619. The van der Waals surface area contributed by atoms with Gasteiger partial charge in [0.05, 0.1) is 21.3 Å². The fraction of sp³-hybridized carbons (Fsp3) is 0.250. The molecule has 0 aliphatic heterocycles. The number of hydrogen-bond donors (Lipinski definition) is 4. The summed E-state index contributed by atoms with van der Waals surface area (Å²) in [6, 6.07) is 10.5. The summed E-state index contributed by atoms with van der Waals surface area (Å²) < 4.78 is 34.2. The largest absolute Gasteiger partial charge is 0.385 e. The summed E-state index contributed by atoms with van der Waals surface area (Å²) in [7, 11) is -0.777. The van der Waals surface area contributed by atoms with Crippen molar-refractivity contribution in [3.63, 3.8) is 0 Å². The van der Waals surface area contributed by atoms with Gasteiger partial charge in [-0.2, -0.15) is 15.2 Å². The molecule has 1 amide bonds. The van der Waals surface area contributed by atoms with Gasteiger partial charge in [0.1, 0.15) is 11.6 Å². The number of ether oxygens (including phenoxy) is 1. The average Bonchev–Trinajstić information content (AvgIpc) is 3.71. The van der Waals surface area contributed by atoms with E-state index < -0.39 is 15.9 Å². The lowest BCUT2D eigenvalue weighted by atomic mass is 10.1. The van der Waals surface area contributed by atoms with Crippen molar-refractivity contribution in [3.05, 3.63) is 71.4 Å². The number of nitrogens with zero attached hydrogens (tertiary/aromatic N) is 8. The monoisotopic (exact) mass is 714 g/mol. The Hall–Kier alpha value is -5.77. The molecule has 0 fully saturated rings. The van der Waals surface area contributed by atoms with Gasteiger partial charge >= 0.3 is 0 Å². The van der Waals surface area contributed by atoms with Gasteiger partial charge in [-0.25, -0.2) is 22.8 Å². The SMILES string of the molecule is C=CC(=O)NS(=O)(=O)c1ccc2nc(-n3cc(C#N)c(N=Nc4c(NCCCOC)nc(NC)nc4Nc4c(C)cc(C)cc4C)n3)sc2c1. The highest BCUT2D eigenvalue weighted by molar-refractivity contribution is 7.90. The number of nitriles is 1. The van der Waals surface area contributed by atoms with E-state index in [0.29, 0.717) is 52.5 Å². The molecule has 5 aromatic rings. The molecule has 3 aromatic heterocycles. The van der Waals surface area contributed by atoms with E-state index in [1.165, 1.54) is 29.1 Å². The Morgan fingerprint density at radius 1 is 1.12 bits per heavy atom. The van der Waals surface area contributed by atoms with Crippen LogP contribution in [0.25, 0.3) is 15.3 Å². The molecule has 0 unspecified atom stereocenters. The zero-order valence-corrected chi connectivity index (χ0v) is 29.5. The molecule has 2 aromatic carbocycles. The van der Waals surface area contributed by atoms with E-state index >= 15 is 0 Å². The van der Waals surface area contributed by atoms with Crippen LogP contribution >= 0.6 is 11.3 Å². The van der Waals surface area contributed by atoms with Crippen LogP contribution in [-0.2, 0) is 19.6 Å². The maximum absolute atomic E-state index is 12.6. The Kier molecular flexibility index (Phi) is 10.8. The number of thiazole rings is 1. The molecule has 3 heterocycles. The van der Waals surface area contributed by atoms with Gasteiger partial charge in [0, 0.05) is 33.0 Å². The van der Waals surface area contributed by atoms with E-state index in [0.717, 1.165) is 39.8 Å². The Labute approximate surface area is 292 Å². The predicted octanol–water partition coefficient (Wildman–Crippen LogP) is 5.71. The summed E-state index contributed by atoms with van der Waals surface area (Å²) in [6.07, 6.45) is 3.03. The summed E-state index contributed by atoms with van der Waals surface area (Å²) in [6.45, 7) is 10.4. The third-order valence-corrected chi connectivity index (χ3v) is 9.53. The topological polar surface area (TPSA) is 214 Å². The van der Waals surface area contributed by atoms with Gasteiger partial charge in [0.2, 0.25) is 16.9 Å². The number of fused-ring (bicyclic) bond motifs is 1. The number of sulfonamides is 1. The Morgan fingerprint density at radius 2 is 1.86 bits per heavy atom. The maximum atomic E-state index is 12.6. The molecule has 258 valence electrons. The third-order valence-electron chi connectivity index (χ3n) is 7.18. The highest BCUT2D eigenvalue weighted by Crippen LogP contribution is 2.37. The van der Waals surface area contributed by atoms with E-state index in [-0.39, 0.29) is 22.0 Å².